The molecule has 1 aromatic rings. The molecule has 1 amide bonds. The second-order valence-corrected chi connectivity index (χ2v) is 5.38. The van der Waals surface area contributed by atoms with Gasteiger partial charge in [0.05, 0.1) is 12.2 Å². The average Bonchev–Trinajstić information content (AvgIpc) is 2.44. The number of hydrogen-bond donors (Lipinski definition) is 3. The Morgan fingerprint density at radius 3 is 2.91 bits per heavy atom. The number of nitrogen functional groups attached to an aromatic ring is 1. The number of rotatable bonds is 4. The number of aliphatic hydroxyl groups is 1. The number of hydrogen-bond acceptors (Lipinski definition) is 4. The summed E-state index contributed by atoms with van der Waals surface area (Å²) in [6.07, 6.45) is -1.74. The summed E-state index contributed by atoms with van der Waals surface area (Å²) < 4.78 is 40.2. The first kappa shape index (κ1) is 16.6. The zero-order valence-electron chi connectivity index (χ0n) is 11.9. The molecule has 8 heteroatoms. The van der Waals surface area contributed by atoms with Gasteiger partial charge in [-0.05, 0) is 24.6 Å². The van der Waals surface area contributed by atoms with Gasteiger partial charge in [-0.3, -0.25) is 9.69 Å². The summed E-state index contributed by atoms with van der Waals surface area (Å²) in [5, 5.41) is 11.5. The summed E-state index contributed by atoms with van der Waals surface area (Å²) in [4.78, 5) is 13.2. The molecule has 5 nitrogen and oxygen atoms in total. The van der Waals surface area contributed by atoms with Crippen LogP contribution in [0.3, 0.4) is 0 Å². The summed E-state index contributed by atoms with van der Waals surface area (Å²) in [7, 11) is 0. The van der Waals surface area contributed by atoms with E-state index >= 15 is 0 Å². The molecule has 1 atom stereocenters. The lowest BCUT2D eigenvalue weighted by molar-refractivity contribution is -0.150. The monoisotopic (exact) mass is 317 g/mol. The van der Waals surface area contributed by atoms with Crippen molar-refractivity contribution in [2.24, 2.45) is 0 Å². The fourth-order valence-electron chi connectivity index (χ4n) is 2.30. The van der Waals surface area contributed by atoms with Crippen molar-refractivity contribution in [1.29, 1.82) is 0 Å². The van der Waals surface area contributed by atoms with Gasteiger partial charge >= 0.3 is 0 Å². The molecule has 1 heterocycles. The molecule has 1 saturated heterocycles. The van der Waals surface area contributed by atoms with Crippen LogP contribution in [0.4, 0.5) is 24.5 Å². The van der Waals surface area contributed by atoms with E-state index in [4.69, 9.17) is 5.73 Å². The van der Waals surface area contributed by atoms with E-state index in [1.54, 1.807) is 0 Å². The number of amides is 1. The van der Waals surface area contributed by atoms with Crippen molar-refractivity contribution in [2.45, 2.75) is 24.9 Å². The SMILES string of the molecule is Nc1ccc(F)c(NC(=O)CCN2CCC(O)C(F)(F)C2)c1. The van der Waals surface area contributed by atoms with Gasteiger partial charge in [0.25, 0.3) is 5.92 Å². The minimum Gasteiger partial charge on any atom is -0.399 e. The number of nitrogens with one attached hydrogen (secondary N) is 1. The predicted octanol–water partition coefficient (Wildman–Crippen LogP) is 1.44. The third-order valence-electron chi connectivity index (χ3n) is 3.56. The van der Waals surface area contributed by atoms with Crippen LogP contribution >= 0.6 is 0 Å². The third-order valence-corrected chi connectivity index (χ3v) is 3.56. The van der Waals surface area contributed by atoms with Gasteiger partial charge in [-0.15, -0.1) is 0 Å². The average molecular weight is 317 g/mol. The van der Waals surface area contributed by atoms with E-state index in [2.05, 4.69) is 5.32 Å². The number of nitrogens with two attached hydrogens (primary N) is 1. The van der Waals surface area contributed by atoms with E-state index in [1.165, 1.54) is 17.0 Å². The number of carbonyl (C=O) groups is 1. The van der Waals surface area contributed by atoms with Crippen LogP contribution in [0, 0.1) is 5.82 Å². The first-order chi connectivity index (χ1) is 10.3. The Labute approximate surface area is 125 Å². The number of alkyl halides is 2. The first-order valence-corrected chi connectivity index (χ1v) is 6.91. The summed E-state index contributed by atoms with van der Waals surface area (Å²) >= 11 is 0. The van der Waals surface area contributed by atoms with Gasteiger partial charge in [0.2, 0.25) is 5.91 Å². The highest BCUT2D eigenvalue weighted by Gasteiger charge is 2.43. The molecule has 0 aliphatic carbocycles. The van der Waals surface area contributed by atoms with Crippen LogP contribution in [0.2, 0.25) is 0 Å². The van der Waals surface area contributed by atoms with Crippen LogP contribution < -0.4 is 11.1 Å². The van der Waals surface area contributed by atoms with Crippen molar-refractivity contribution >= 4 is 17.3 Å². The maximum Gasteiger partial charge on any atom is 0.285 e. The lowest BCUT2D eigenvalue weighted by Gasteiger charge is -2.35. The van der Waals surface area contributed by atoms with Gasteiger partial charge < -0.3 is 16.2 Å². The van der Waals surface area contributed by atoms with Crippen molar-refractivity contribution in [1.82, 2.24) is 4.90 Å². The number of carbonyl (C=O) groups excluding carboxylic acids is 1. The molecule has 122 valence electrons. The standard InChI is InChI=1S/C14H18F3N3O2/c15-10-2-1-9(18)7-11(10)19-13(22)4-6-20-5-3-12(21)14(16,17)8-20/h1-2,7,12,21H,3-6,8,18H2,(H,19,22). The van der Waals surface area contributed by atoms with E-state index in [1.807, 2.05) is 0 Å². The van der Waals surface area contributed by atoms with E-state index < -0.39 is 30.3 Å². The van der Waals surface area contributed by atoms with Crippen molar-refractivity contribution in [3.63, 3.8) is 0 Å². The molecule has 22 heavy (non-hydrogen) atoms. The fourth-order valence-corrected chi connectivity index (χ4v) is 2.30. The molecule has 0 saturated carbocycles. The summed E-state index contributed by atoms with van der Waals surface area (Å²) in [6.45, 7) is -0.192. The lowest BCUT2D eigenvalue weighted by atomic mass is 10.0. The minimum absolute atomic E-state index is 0.0376. The molecule has 0 aromatic heterocycles. The molecular formula is C14H18F3N3O2. The largest absolute Gasteiger partial charge is 0.399 e. The molecule has 0 radical (unpaired) electrons. The summed E-state index contributed by atoms with van der Waals surface area (Å²) in [6, 6.07) is 3.79. The maximum atomic E-state index is 13.5. The Morgan fingerprint density at radius 1 is 1.50 bits per heavy atom. The highest BCUT2D eigenvalue weighted by Crippen LogP contribution is 2.27. The number of likely N-dealkylation sites (tertiary alicyclic amines) is 1. The fraction of sp³-hybridized carbons (Fsp3) is 0.500. The minimum atomic E-state index is -3.17. The Balaban J connectivity index is 1.84. The van der Waals surface area contributed by atoms with Gasteiger partial charge in [-0.2, -0.15) is 0 Å². The van der Waals surface area contributed by atoms with Crippen molar-refractivity contribution in [3.05, 3.63) is 24.0 Å². The van der Waals surface area contributed by atoms with Crippen molar-refractivity contribution in [2.75, 3.05) is 30.7 Å². The third kappa shape index (κ3) is 4.11. The highest BCUT2D eigenvalue weighted by atomic mass is 19.3. The highest BCUT2D eigenvalue weighted by molar-refractivity contribution is 5.91. The number of anilines is 2. The van der Waals surface area contributed by atoms with Gasteiger partial charge in [0.15, 0.2) is 0 Å². The van der Waals surface area contributed by atoms with Gasteiger partial charge in [-0.25, -0.2) is 13.2 Å². The summed E-state index contributed by atoms with van der Waals surface area (Å²) in [5.41, 5.74) is 5.77. The van der Waals surface area contributed by atoms with Gasteiger partial charge in [0, 0.05) is 25.2 Å². The second kappa shape index (κ2) is 6.53. The van der Waals surface area contributed by atoms with Crippen LogP contribution in [0.1, 0.15) is 12.8 Å². The molecule has 0 bridgehead atoms. The van der Waals surface area contributed by atoms with Gasteiger partial charge in [-0.1, -0.05) is 0 Å². The first-order valence-electron chi connectivity index (χ1n) is 6.91. The second-order valence-electron chi connectivity index (χ2n) is 5.38. The van der Waals surface area contributed by atoms with Crippen LogP contribution in [0.5, 0.6) is 0 Å². The predicted molar refractivity (Wildman–Crippen MR) is 76.1 cm³/mol. The Bertz CT molecular complexity index is 554. The number of halogens is 3. The number of piperidine rings is 1. The molecule has 4 N–H and O–H groups in total. The smallest absolute Gasteiger partial charge is 0.285 e. The molecular weight excluding hydrogens is 299 g/mol. The summed E-state index contributed by atoms with van der Waals surface area (Å²) in [5.74, 6) is -4.27. The zero-order valence-corrected chi connectivity index (χ0v) is 11.9. The molecule has 1 aromatic carbocycles. The Morgan fingerprint density at radius 2 is 2.23 bits per heavy atom. The normalized spacial score (nSPS) is 21.5. The number of nitrogens with zero attached hydrogens (tertiary/aromatic N) is 1. The molecule has 0 spiro atoms. The van der Waals surface area contributed by atoms with E-state index in [0.717, 1.165) is 6.07 Å². The lowest BCUT2D eigenvalue weighted by Crippen LogP contribution is -2.51. The van der Waals surface area contributed by atoms with E-state index in [-0.39, 0.29) is 31.6 Å². The van der Waals surface area contributed by atoms with Crippen molar-refractivity contribution in [3.8, 4) is 0 Å². The molecule has 1 aliphatic heterocycles. The molecule has 1 fully saturated rings. The molecule has 1 aliphatic rings. The van der Waals surface area contributed by atoms with E-state index in [0.29, 0.717) is 5.69 Å². The maximum absolute atomic E-state index is 13.5. The Kier molecular flexibility index (Phi) is 4.92. The van der Waals surface area contributed by atoms with Crippen molar-refractivity contribution < 1.29 is 23.1 Å². The van der Waals surface area contributed by atoms with Crippen LogP contribution in [0.25, 0.3) is 0 Å². The number of aliphatic hydroxyl groups excluding tert-OH is 1. The quantitative estimate of drug-likeness (QED) is 0.734. The van der Waals surface area contributed by atoms with Crippen LogP contribution in [-0.4, -0.2) is 47.6 Å². The molecule has 2 rings (SSSR count). The van der Waals surface area contributed by atoms with Crippen LogP contribution in [-0.2, 0) is 4.79 Å². The topological polar surface area (TPSA) is 78.6 Å². The van der Waals surface area contributed by atoms with E-state index in [9.17, 15) is 23.1 Å². The Hall–Kier alpha value is -1.80. The zero-order chi connectivity index (χ0) is 16.3. The van der Waals surface area contributed by atoms with Gasteiger partial charge in [0.1, 0.15) is 11.9 Å². The number of benzene rings is 1. The van der Waals surface area contributed by atoms with Crippen LogP contribution in [0.15, 0.2) is 18.2 Å². The molecule has 1 unspecified atom stereocenters.